The van der Waals surface area contributed by atoms with Crippen molar-refractivity contribution in [3.63, 3.8) is 0 Å². The van der Waals surface area contributed by atoms with Crippen LogP contribution in [0.3, 0.4) is 0 Å². The number of nitrogens with one attached hydrogen (secondary N) is 1. The molecule has 0 aromatic carbocycles. The largest absolute Gasteiger partial charge is 0.408 e. The van der Waals surface area contributed by atoms with E-state index in [0.29, 0.717) is 17.9 Å². The van der Waals surface area contributed by atoms with Crippen LogP contribution in [0.25, 0.3) is 0 Å². The smallest absolute Gasteiger partial charge is 0.330 e. The van der Waals surface area contributed by atoms with Gasteiger partial charge in [-0.1, -0.05) is 56.1 Å². The summed E-state index contributed by atoms with van der Waals surface area (Å²) in [5, 5.41) is 22.1. The molecule has 2 fully saturated rings. The molecule has 3 N–H and O–H groups in total. The van der Waals surface area contributed by atoms with Crippen LogP contribution < -0.4 is 11.2 Å². The van der Waals surface area contributed by atoms with Crippen molar-refractivity contribution in [2.45, 2.75) is 114 Å². The Kier molecular flexibility index (Phi) is 10.4. The van der Waals surface area contributed by atoms with Crippen molar-refractivity contribution in [1.29, 1.82) is 0 Å². The van der Waals surface area contributed by atoms with Crippen molar-refractivity contribution in [2.24, 2.45) is 5.92 Å². The highest BCUT2D eigenvalue weighted by Gasteiger charge is 2.51. The summed E-state index contributed by atoms with van der Waals surface area (Å²) in [5.74, 6) is 0.314. The molecule has 8 atom stereocenters. The first kappa shape index (κ1) is 32.9. The zero-order chi connectivity index (χ0) is 29.5. The number of ether oxygens (including phenoxy) is 1. The average molecular weight is 621 g/mol. The molecule has 13 heteroatoms. The maximum Gasteiger partial charge on any atom is 0.330 e. The van der Waals surface area contributed by atoms with E-state index in [4.69, 9.17) is 25.5 Å². The zero-order valence-corrected chi connectivity index (χ0v) is 27.9. The number of nitrogens with zero attached hydrogens (tertiary/aromatic N) is 1. The SMILES string of the molecule is C=C(C)[C@@H]1CC[C@](C)(S[PH](=S)OC[C@H]2O[C@@H](n3cc(C)c(=O)[nH]c3=O)[C@H](O)C2O[Si](C)(C)C(C)(C)C)[C@@H](O)C1. The van der Waals surface area contributed by atoms with Gasteiger partial charge in [-0.25, -0.2) is 4.79 Å². The molecular weight excluding hydrogens is 575 g/mol. The third-order valence-corrected chi connectivity index (χ3v) is 17.9. The van der Waals surface area contributed by atoms with E-state index in [-0.39, 0.29) is 11.6 Å². The maximum atomic E-state index is 12.6. The van der Waals surface area contributed by atoms with Crippen molar-refractivity contribution < 1.29 is 23.9 Å². The lowest BCUT2D eigenvalue weighted by Crippen LogP contribution is -2.50. The summed E-state index contributed by atoms with van der Waals surface area (Å²) in [6.07, 6.45) is -2.16. The van der Waals surface area contributed by atoms with E-state index >= 15 is 0 Å². The van der Waals surface area contributed by atoms with Crippen LogP contribution in [0.4, 0.5) is 0 Å². The third kappa shape index (κ3) is 7.45. The van der Waals surface area contributed by atoms with E-state index < -0.39 is 61.1 Å². The Morgan fingerprint density at radius 1 is 1.38 bits per heavy atom. The zero-order valence-electron chi connectivity index (χ0n) is 24.3. The molecule has 0 amide bonds. The number of aromatic amines is 1. The number of aliphatic hydroxyl groups excluding tert-OH is 2. The fourth-order valence-corrected chi connectivity index (χ4v) is 11.4. The van der Waals surface area contributed by atoms with Gasteiger partial charge >= 0.3 is 5.69 Å². The van der Waals surface area contributed by atoms with Gasteiger partial charge in [0.05, 0.1) is 12.7 Å². The predicted octanol–water partition coefficient (Wildman–Crippen LogP) is 4.25. The van der Waals surface area contributed by atoms with E-state index in [9.17, 15) is 19.8 Å². The van der Waals surface area contributed by atoms with Crippen molar-refractivity contribution in [3.8, 4) is 0 Å². The fourth-order valence-electron chi connectivity index (χ4n) is 4.72. The molecule has 1 saturated heterocycles. The Bertz CT molecular complexity index is 1200. The molecule has 0 spiro atoms. The van der Waals surface area contributed by atoms with Gasteiger partial charge in [-0.15, -0.1) is 0 Å². The van der Waals surface area contributed by atoms with Crippen LogP contribution in [0.15, 0.2) is 27.9 Å². The molecule has 0 radical (unpaired) electrons. The van der Waals surface area contributed by atoms with Gasteiger partial charge in [0.15, 0.2) is 14.5 Å². The normalized spacial score (nSPS) is 32.8. The number of aliphatic hydroxyl groups is 2. The number of hydrogen-bond acceptors (Lipinski definition) is 9. The molecule has 9 nitrogen and oxygen atoms in total. The molecule has 1 aromatic heterocycles. The maximum absolute atomic E-state index is 12.6. The lowest BCUT2D eigenvalue weighted by atomic mass is 9.77. The Morgan fingerprint density at radius 2 is 2.03 bits per heavy atom. The van der Waals surface area contributed by atoms with Gasteiger partial charge in [0, 0.05) is 16.5 Å². The molecule has 1 saturated carbocycles. The van der Waals surface area contributed by atoms with Gasteiger partial charge in [0.1, 0.15) is 24.4 Å². The Hall–Kier alpha value is -0.563. The van der Waals surface area contributed by atoms with Crippen LogP contribution in [0.5, 0.6) is 0 Å². The molecule has 2 heterocycles. The van der Waals surface area contributed by atoms with Gasteiger partial charge in [0.25, 0.3) is 5.56 Å². The summed E-state index contributed by atoms with van der Waals surface area (Å²) >= 11 is 7.26. The minimum atomic E-state index is -2.35. The summed E-state index contributed by atoms with van der Waals surface area (Å²) in [6, 6.07) is 0. The van der Waals surface area contributed by atoms with Crippen molar-refractivity contribution >= 4 is 37.6 Å². The number of H-pyrrole nitrogens is 1. The summed E-state index contributed by atoms with van der Waals surface area (Å²) in [7, 11) is -2.35. The highest BCUT2D eigenvalue weighted by Crippen LogP contribution is 2.55. The molecule has 0 bridgehead atoms. The number of allylic oxidation sites excluding steroid dienone is 1. The Labute approximate surface area is 242 Å². The minimum Gasteiger partial charge on any atom is -0.408 e. The average Bonchev–Trinajstić information content (AvgIpc) is 3.10. The molecule has 39 heavy (non-hydrogen) atoms. The first-order valence-corrected chi connectivity index (χ1v) is 20.4. The van der Waals surface area contributed by atoms with E-state index in [2.05, 4.69) is 45.4 Å². The van der Waals surface area contributed by atoms with Gasteiger partial charge in [-0.2, -0.15) is 0 Å². The number of aromatic nitrogens is 2. The van der Waals surface area contributed by atoms with E-state index in [0.717, 1.165) is 18.4 Å². The quantitative estimate of drug-likeness (QED) is 0.211. The molecule has 222 valence electrons. The first-order valence-electron chi connectivity index (χ1n) is 13.4. The molecular formula is C26H45N2O7PS2Si. The summed E-state index contributed by atoms with van der Waals surface area (Å²) in [6.45, 7) is 20.3. The predicted molar refractivity (Wildman–Crippen MR) is 164 cm³/mol. The summed E-state index contributed by atoms with van der Waals surface area (Å²) < 4.78 is 19.8. The molecule has 1 aliphatic heterocycles. The van der Waals surface area contributed by atoms with Gasteiger partial charge in [-0.05, 0) is 64.1 Å². The monoisotopic (exact) mass is 620 g/mol. The van der Waals surface area contributed by atoms with Crippen LogP contribution in [0.1, 0.15) is 65.7 Å². The first-order chi connectivity index (χ1) is 17.9. The van der Waals surface area contributed by atoms with E-state index in [1.165, 1.54) is 22.1 Å². The molecule has 1 aliphatic carbocycles. The second-order valence-electron chi connectivity index (χ2n) is 12.7. The van der Waals surface area contributed by atoms with Crippen LogP contribution in [-0.2, 0) is 25.5 Å². The minimum absolute atomic E-state index is 0.0787. The number of rotatable bonds is 9. The van der Waals surface area contributed by atoms with Gasteiger partial charge < -0.3 is 23.9 Å². The molecule has 2 aliphatic rings. The standard InChI is InChI=1S/C26H45N2O7PS2Si/c1-15(2)17-10-11-26(7,19(29)12-17)38-36(37)33-14-18-21(35-39(8,9)25(4,5)6)20(30)23(34-18)28-13-16(3)22(31)27-24(28)32/h13,17-21,23,29-30,36H,1,10-12,14H2,2-9H3,(H,27,31,32)/t17-,18-,19+,20-,21?,23-,26+/m1/s1. The second-order valence-corrected chi connectivity index (χ2v) is 23.0. The highest BCUT2D eigenvalue weighted by molar-refractivity contribution is 8.63. The van der Waals surface area contributed by atoms with Crippen molar-refractivity contribution in [3.05, 3.63) is 44.8 Å². The van der Waals surface area contributed by atoms with Gasteiger partial charge in [0.2, 0.25) is 0 Å². The van der Waals surface area contributed by atoms with Crippen molar-refractivity contribution in [2.75, 3.05) is 6.61 Å². The van der Waals surface area contributed by atoms with Crippen LogP contribution >= 0.6 is 17.5 Å². The molecule has 3 rings (SSSR count). The molecule has 1 aromatic rings. The second kappa shape index (κ2) is 12.4. The van der Waals surface area contributed by atoms with E-state index in [1.54, 1.807) is 6.92 Å². The van der Waals surface area contributed by atoms with E-state index in [1.807, 2.05) is 13.8 Å². The summed E-state index contributed by atoms with van der Waals surface area (Å²) in [5.41, 5.74) is 0.268. The highest BCUT2D eigenvalue weighted by atomic mass is 32.9. The van der Waals surface area contributed by atoms with Crippen LogP contribution in [0, 0.1) is 12.8 Å². The lowest BCUT2D eigenvalue weighted by molar-refractivity contribution is -0.0499. The fraction of sp³-hybridized carbons (Fsp3) is 0.769. The Balaban J connectivity index is 1.78. The van der Waals surface area contributed by atoms with Crippen LogP contribution in [0.2, 0.25) is 18.1 Å². The third-order valence-electron chi connectivity index (χ3n) is 8.55. The van der Waals surface area contributed by atoms with Crippen molar-refractivity contribution in [1.82, 2.24) is 9.55 Å². The Morgan fingerprint density at radius 3 is 2.59 bits per heavy atom. The van der Waals surface area contributed by atoms with Crippen LogP contribution in [-0.4, -0.2) is 63.9 Å². The lowest BCUT2D eigenvalue weighted by Gasteiger charge is -2.41. The topological polar surface area (TPSA) is 123 Å². The summed E-state index contributed by atoms with van der Waals surface area (Å²) in [4.78, 5) is 26.8. The number of aryl methyl sites for hydroxylation is 1. The molecule has 2 unspecified atom stereocenters. The van der Waals surface area contributed by atoms with Gasteiger partial charge in [-0.3, -0.25) is 14.3 Å². The number of hydrogen-bond donors (Lipinski definition) is 3.